The van der Waals surface area contributed by atoms with Gasteiger partial charge in [-0.25, -0.2) is 0 Å². The first-order chi connectivity index (χ1) is 26.1. The van der Waals surface area contributed by atoms with Gasteiger partial charge >= 0.3 is 0 Å². The molecular formula is C49H36N2O2. The van der Waals surface area contributed by atoms with Crippen LogP contribution in [0.15, 0.2) is 182 Å². The van der Waals surface area contributed by atoms with Gasteiger partial charge in [0.05, 0.1) is 17.1 Å². The molecule has 0 N–H and O–H groups in total. The molecule has 4 nitrogen and oxygen atoms in total. The first-order valence-electron chi connectivity index (χ1n) is 18.1. The number of hydrogen-bond acceptors (Lipinski definition) is 4. The molecule has 2 aliphatic rings. The van der Waals surface area contributed by atoms with E-state index in [1.807, 2.05) is 36.4 Å². The summed E-state index contributed by atoms with van der Waals surface area (Å²) in [6, 6.07) is 63.9. The van der Waals surface area contributed by atoms with Crippen LogP contribution in [0, 0.1) is 0 Å². The van der Waals surface area contributed by atoms with Gasteiger partial charge in [0.1, 0.15) is 0 Å². The second-order valence-electron chi connectivity index (χ2n) is 14.2. The zero-order valence-electron chi connectivity index (χ0n) is 29.5. The normalized spacial score (nSPS) is 13.2. The number of nitrogens with zero attached hydrogens (tertiary/aromatic N) is 2. The zero-order valence-corrected chi connectivity index (χ0v) is 29.5. The van der Waals surface area contributed by atoms with Crippen molar-refractivity contribution >= 4 is 44.9 Å². The number of para-hydroxylation sites is 5. The summed E-state index contributed by atoms with van der Waals surface area (Å²) in [4.78, 5) is 4.64. The molecule has 0 bridgehead atoms. The minimum Gasteiger partial charge on any atom is -0.449 e. The van der Waals surface area contributed by atoms with Gasteiger partial charge in [-0.05, 0) is 93.7 Å². The molecule has 254 valence electrons. The van der Waals surface area contributed by atoms with Crippen LogP contribution in [0.2, 0.25) is 0 Å². The van der Waals surface area contributed by atoms with E-state index in [1.165, 1.54) is 33.0 Å². The van der Waals surface area contributed by atoms with Crippen LogP contribution in [-0.4, -0.2) is 0 Å². The van der Waals surface area contributed by atoms with Crippen molar-refractivity contribution < 1.29 is 9.47 Å². The average Bonchev–Trinajstić information content (AvgIpc) is 3.45. The Morgan fingerprint density at radius 1 is 0.434 bits per heavy atom. The molecule has 10 rings (SSSR count). The van der Waals surface area contributed by atoms with Crippen molar-refractivity contribution in [3.8, 4) is 34.1 Å². The third-order valence-electron chi connectivity index (χ3n) is 10.6. The van der Waals surface area contributed by atoms with Crippen molar-refractivity contribution in [2.24, 2.45) is 0 Å². The van der Waals surface area contributed by atoms with Crippen LogP contribution < -0.4 is 19.3 Å². The third-order valence-corrected chi connectivity index (χ3v) is 10.6. The summed E-state index contributed by atoms with van der Waals surface area (Å²) in [6.07, 6.45) is 0. The molecule has 0 aromatic heterocycles. The van der Waals surface area contributed by atoms with Gasteiger partial charge in [0.2, 0.25) is 0 Å². The Labute approximate surface area is 309 Å². The molecule has 1 heterocycles. The maximum atomic E-state index is 6.78. The van der Waals surface area contributed by atoms with Crippen LogP contribution in [0.3, 0.4) is 0 Å². The quantitative estimate of drug-likeness (QED) is 0.174. The fourth-order valence-corrected chi connectivity index (χ4v) is 8.29. The second kappa shape index (κ2) is 12.2. The van der Waals surface area contributed by atoms with Gasteiger partial charge in [0, 0.05) is 28.5 Å². The van der Waals surface area contributed by atoms with E-state index in [1.54, 1.807) is 0 Å². The lowest BCUT2D eigenvalue weighted by Gasteiger charge is -2.35. The van der Waals surface area contributed by atoms with Crippen LogP contribution >= 0.6 is 0 Å². The fourth-order valence-electron chi connectivity index (χ4n) is 8.29. The predicted molar refractivity (Wildman–Crippen MR) is 217 cm³/mol. The first kappa shape index (κ1) is 31.0. The topological polar surface area (TPSA) is 24.9 Å². The van der Waals surface area contributed by atoms with Crippen molar-refractivity contribution in [3.05, 3.63) is 193 Å². The van der Waals surface area contributed by atoms with E-state index in [9.17, 15) is 0 Å². The average molecular weight is 685 g/mol. The summed E-state index contributed by atoms with van der Waals surface area (Å²) < 4.78 is 13.5. The first-order valence-corrected chi connectivity index (χ1v) is 18.1. The zero-order chi connectivity index (χ0) is 35.5. The second-order valence-corrected chi connectivity index (χ2v) is 14.2. The Morgan fingerprint density at radius 3 is 1.66 bits per heavy atom. The monoisotopic (exact) mass is 684 g/mol. The molecule has 1 aliphatic carbocycles. The molecule has 0 spiro atoms. The summed E-state index contributed by atoms with van der Waals surface area (Å²) in [5, 5.41) is 2.53. The molecule has 0 fully saturated rings. The lowest BCUT2D eigenvalue weighted by Crippen LogP contribution is -2.21. The van der Waals surface area contributed by atoms with Gasteiger partial charge in [-0.15, -0.1) is 0 Å². The Morgan fingerprint density at radius 2 is 1.00 bits per heavy atom. The van der Waals surface area contributed by atoms with Crippen LogP contribution in [-0.2, 0) is 5.41 Å². The van der Waals surface area contributed by atoms with Gasteiger partial charge in [0.25, 0.3) is 0 Å². The summed E-state index contributed by atoms with van der Waals surface area (Å²) in [5.74, 6) is 2.67. The molecule has 53 heavy (non-hydrogen) atoms. The van der Waals surface area contributed by atoms with Gasteiger partial charge < -0.3 is 19.3 Å². The largest absolute Gasteiger partial charge is 0.449 e. The van der Waals surface area contributed by atoms with Crippen LogP contribution in [0.1, 0.15) is 25.0 Å². The minimum absolute atomic E-state index is 0.270. The van der Waals surface area contributed by atoms with E-state index >= 15 is 0 Å². The molecule has 0 unspecified atom stereocenters. The highest BCUT2D eigenvalue weighted by Crippen LogP contribution is 2.58. The lowest BCUT2D eigenvalue weighted by atomic mass is 9.81. The van der Waals surface area contributed by atoms with Gasteiger partial charge in [-0.1, -0.05) is 129 Å². The minimum atomic E-state index is -0.270. The molecule has 0 saturated carbocycles. The molecule has 0 atom stereocenters. The SMILES string of the molecule is CC1(C)c2ccc3ccccc3c2-c2cccc(N(c3ccccc3)c3cc4c(c(N(c5ccccc5)c5ccccc5)c3)Oc3ccccc3O4)c21. The van der Waals surface area contributed by atoms with Gasteiger partial charge in [0.15, 0.2) is 23.0 Å². The van der Waals surface area contributed by atoms with E-state index in [4.69, 9.17) is 9.47 Å². The fraction of sp³-hybridized carbons (Fsp3) is 0.0612. The molecule has 8 aromatic carbocycles. The predicted octanol–water partition coefficient (Wildman–Crippen LogP) is 14.0. The highest BCUT2D eigenvalue weighted by Gasteiger charge is 2.40. The Bertz CT molecular complexity index is 2610. The smallest absolute Gasteiger partial charge is 0.194 e. The summed E-state index contributed by atoms with van der Waals surface area (Å²) >= 11 is 0. The van der Waals surface area contributed by atoms with Crippen molar-refractivity contribution in [2.75, 3.05) is 9.80 Å². The van der Waals surface area contributed by atoms with Crippen molar-refractivity contribution in [2.45, 2.75) is 19.3 Å². The molecule has 0 radical (unpaired) electrons. The summed E-state index contributed by atoms with van der Waals surface area (Å²) in [5.41, 5.74) is 10.9. The van der Waals surface area contributed by atoms with Crippen molar-refractivity contribution in [3.63, 3.8) is 0 Å². The highest BCUT2D eigenvalue weighted by atomic mass is 16.6. The summed E-state index contributed by atoms with van der Waals surface area (Å²) in [7, 11) is 0. The number of fused-ring (bicyclic) bond motifs is 7. The van der Waals surface area contributed by atoms with Crippen molar-refractivity contribution in [1.82, 2.24) is 0 Å². The van der Waals surface area contributed by atoms with Gasteiger partial charge in [-0.3, -0.25) is 0 Å². The van der Waals surface area contributed by atoms with Crippen LogP contribution in [0.25, 0.3) is 21.9 Å². The molecular weight excluding hydrogens is 649 g/mol. The molecule has 0 saturated heterocycles. The Balaban J connectivity index is 1.26. The van der Waals surface area contributed by atoms with Crippen LogP contribution in [0.5, 0.6) is 23.0 Å². The third kappa shape index (κ3) is 4.98. The standard InChI is InChI=1S/C49H36N2O2/c1-49(2)40-30-29-33-17-12-13-24-38(33)46(40)39-25-16-26-41(47(39)49)51(36-22-10-5-11-23-36)37-31-42(48-45(32-37)52-43-27-14-15-28-44(43)53-48)50(34-18-6-3-7-19-34)35-20-8-4-9-21-35/h3-32H,1-2H3. The van der Waals surface area contributed by atoms with E-state index in [0.29, 0.717) is 23.0 Å². The van der Waals surface area contributed by atoms with E-state index in [0.717, 1.165) is 34.1 Å². The Kier molecular flexibility index (Phi) is 7.12. The Hall–Kier alpha value is -6.78. The van der Waals surface area contributed by atoms with E-state index < -0.39 is 0 Å². The highest BCUT2D eigenvalue weighted by molar-refractivity contribution is 6.04. The number of anilines is 6. The molecule has 4 heteroatoms. The maximum Gasteiger partial charge on any atom is 0.194 e. The number of hydrogen-bond donors (Lipinski definition) is 0. The van der Waals surface area contributed by atoms with E-state index in [2.05, 4.69) is 169 Å². The van der Waals surface area contributed by atoms with Gasteiger partial charge in [-0.2, -0.15) is 0 Å². The maximum absolute atomic E-state index is 6.78. The van der Waals surface area contributed by atoms with E-state index in [-0.39, 0.29) is 5.41 Å². The molecule has 1 aliphatic heterocycles. The number of ether oxygens (including phenoxy) is 2. The van der Waals surface area contributed by atoms with Crippen molar-refractivity contribution in [1.29, 1.82) is 0 Å². The number of rotatable bonds is 6. The number of benzene rings is 8. The molecule has 8 aromatic rings. The molecule has 0 amide bonds. The lowest BCUT2D eigenvalue weighted by molar-refractivity contribution is 0.360. The summed E-state index contributed by atoms with van der Waals surface area (Å²) in [6.45, 7) is 4.72. The van der Waals surface area contributed by atoms with Crippen LogP contribution in [0.4, 0.5) is 34.1 Å².